The molecular weight excluding hydrogens is 296 g/mol. The van der Waals surface area contributed by atoms with E-state index in [0.717, 1.165) is 29.2 Å². The number of carbonyl (C=O) groups excluding carboxylic acids is 1. The maximum absolute atomic E-state index is 11.0. The molecule has 3 heterocycles. The van der Waals surface area contributed by atoms with Crippen LogP contribution < -0.4 is 4.90 Å². The molecule has 0 aliphatic carbocycles. The van der Waals surface area contributed by atoms with Gasteiger partial charge in [-0.2, -0.15) is 0 Å². The van der Waals surface area contributed by atoms with Crippen molar-refractivity contribution in [1.29, 1.82) is 0 Å². The van der Waals surface area contributed by atoms with Crippen LogP contribution in [0.1, 0.15) is 29.2 Å². The van der Waals surface area contributed by atoms with E-state index < -0.39 is 0 Å². The molecule has 5 nitrogen and oxygen atoms in total. The average molecular weight is 310 g/mol. The zero-order valence-electron chi connectivity index (χ0n) is 12.3. The van der Waals surface area contributed by atoms with E-state index in [-0.39, 0.29) is 5.41 Å². The van der Waals surface area contributed by atoms with Crippen LogP contribution in [0.5, 0.6) is 0 Å². The summed E-state index contributed by atoms with van der Waals surface area (Å²) < 4.78 is 0. The Kier molecular flexibility index (Phi) is 2.77. The molecule has 0 bridgehead atoms. The minimum Gasteiger partial charge on any atom is -0.323 e. The average Bonchev–Trinajstić information content (AvgIpc) is 3.06. The number of rotatable bonds is 2. The summed E-state index contributed by atoms with van der Waals surface area (Å²) in [5, 5.41) is 0.434. The summed E-state index contributed by atoms with van der Waals surface area (Å²) in [4.78, 5) is 27.0. The minimum absolute atomic E-state index is 0.0391. The van der Waals surface area contributed by atoms with E-state index in [1.54, 1.807) is 6.33 Å². The first kappa shape index (κ1) is 13.3. The monoisotopic (exact) mass is 310 g/mol. The van der Waals surface area contributed by atoms with Crippen LogP contribution in [0.15, 0.2) is 30.6 Å². The molecule has 6 heteroatoms. The number of hydrogen-bond acceptors (Lipinski definition) is 6. The second-order valence-corrected chi connectivity index (χ2v) is 7.02. The zero-order valence-corrected chi connectivity index (χ0v) is 13.1. The number of hydrogen-bond donors (Lipinski definition) is 0. The summed E-state index contributed by atoms with van der Waals surface area (Å²) in [6.45, 7) is 5.27. The summed E-state index contributed by atoms with van der Waals surface area (Å²) in [6, 6.07) is 8.35. The van der Waals surface area contributed by atoms with Gasteiger partial charge in [-0.05, 0) is 11.6 Å². The first-order valence-electron chi connectivity index (χ1n) is 7.04. The summed E-state index contributed by atoms with van der Waals surface area (Å²) in [5.41, 5.74) is 3.18. The van der Waals surface area contributed by atoms with E-state index >= 15 is 0 Å². The number of benzene rings is 1. The van der Waals surface area contributed by atoms with Crippen LogP contribution in [-0.4, -0.2) is 27.8 Å². The van der Waals surface area contributed by atoms with Gasteiger partial charge in [0.1, 0.15) is 16.7 Å². The van der Waals surface area contributed by atoms with E-state index in [1.165, 1.54) is 16.9 Å². The van der Waals surface area contributed by atoms with Crippen LogP contribution in [0, 0.1) is 0 Å². The topological polar surface area (TPSA) is 59.0 Å². The molecule has 4 rings (SSSR count). The Hall–Kier alpha value is -2.34. The van der Waals surface area contributed by atoms with Crippen LogP contribution >= 0.6 is 11.3 Å². The lowest BCUT2D eigenvalue weighted by Gasteiger charge is -2.21. The zero-order chi connectivity index (χ0) is 15.3. The maximum Gasteiger partial charge on any atom is 0.178 e. The summed E-state index contributed by atoms with van der Waals surface area (Å²) in [5.74, 6) is 0.771. The number of aromatic nitrogens is 3. The van der Waals surface area contributed by atoms with Gasteiger partial charge in [-0.1, -0.05) is 43.4 Å². The fraction of sp³-hybridized carbons (Fsp3) is 0.250. The first-order chi connectivity index (χ1) is 10.6. The highest BCUT2D eigenvalue weighted by Crippen LogP contribution is 2.44. The number of thiazole rings is 1. The SMILES string of the molecule is CC1(C)CN(c2ncnc3sc(C=O)nc23)c2ccccc21. The number of aldehydes is 1. The van der Waals surface area contributed by atoms with Gasteiger partial charge in [0.15, 0.2) is 17.1 Å². The van der Waals surface area contributed by atoms with Gasteiger partial charge in [0.2, 0.25) is 0 Å². The predicted octanol–water partition coefficient (Wildman–Crippen LogP) is 3.33. The molecule has 0 spiro atoms. The molecule has 0 N–H and O–H groups in total. The largest absolute Gasteiger partial charge is 0.323 e. The molecular formula is C16H14N4OS. The lowest BCUT2D eigenvalue weighted by molar-refractivity contribution is 0.112. The Morgan fingerprint density at radius 2 is 2.09 bits per heavy atom. The number of carbonyl (C=O) groups is 1. The van der Waals surface area contributed by atoms with Crippen molar-refractivity contribution >= 4 is 39.5 Å². The van der Waals surface area contributed by atoms with Gasteiger partial charge in [0, 0.05) is 17.6 Å². The molecule has 1 aromatic carbocycles. The molecule has 0 fully saturated rings. The van der Waals surface area contributed by atoms with Gasteiger partial charge in [0.25, 0.3) is 0 Å². The van der Waals surface area contributed by atoms with Crippen molar-refractivity contribution in [2.75, 3.05) is 11.4 Å². The Morgan fingerprint density at radius 1 is 1.27 bits per heavy atom. The quantitative estimate of drug-likeness (QED) is 0.680. The molecule has 22 heavy (non-hydrogen) atoms. The summed E-state index contributed by atoms with van der Waals surface area (Å²) in [7, 11) is 0. The van der Waals surface area contributed by atoms with Crippen molar-refractivity contribution in [3.63, 3.8) is 0 Å². The standard InChI is InChI=1S/C16H14N4OS/c1-16(2)8-20(11-6-4-3-5-10(11)16)14-13-15(18-9-17-14)22-12(7-21)19-13/h3-7,9H,8H2,1-2H3. The molecule has 0 radical (unpaired) electrons. The lowest BCUT2D eigenvalue weighted by atomic mass is 9.87. The van der Waals surface area contributed by atoms with Crippen LogP contribution in [0.3, 0.4) is 0 Å². The predicted molar refractivity (Wildman–Crippen MR) is 87.1 cm³/mol. The molecule has 0 saturated heterocycles. The third-order valence-electron chi connectivity index (χ3n) is 4.03. The van der Waals surface area contributed by atoms with Gasteiger partial charge < -0.3 is 4.90 Å². The van der Waals surface area contributed by atoms with Gasteiger partial charge in [-0.25, -0.2) is 15.0 Å². The van der Waals surface area contributed by atoms with Crippen molar-refractivity contribution in [2.24, 2.45) is 0 Å². The van der Waals surface area contributed by atoms with Crippen molar-refractivity contribution in [2.45, 2.75) is 19.3 Å². The second kappa shape index (κ2) is 4.58. The highest BCUT2D eigenvalue weighted by atomic mass is 32.1. The summed E-state index contributed by atoms with van der Waals surface area (Å²) in [6.07, 6.45) is 2.30. The van der Waals surface area contributed by atoms with E-state index in [9.17, 15) is 4.79 Å². The van der Waals surface area contributed by atoms with Gasteiger partial charge in [0.05, 0.1) is 0 Å². The Labute approximate surface area is 131 Å². The minimum atomic E-state index is 0.0391. The highest BCUT2D eigenvalue weighted by molar-refractivity contribution is 7.19. The molecule has 1 aliphatic rings. The normalized spacial score (nSPS) is 16.0. The molecule has 0 atom stereocenters. The Morgan fingerprint density at radius 3 is 2.91 bits per heavy atom. The molecule has 0 saturated carbocycles. The first-order valence-corrected chi connectivity index (χ1v) is 7.85. The van der Waals surface area contributed by atoms with Gasteiger partial charge in [-0.3, -0.25) is 4.79 Å². The van der Waals surface area contributed by atoms with Gasteiger partial charge in [-0.15, -0.1) is 0 Å². The van der Waals surface area contributed by atoms with Crippen molar-refractivity contribution in [1.82, 2.24) is 15.0 Å². The second-order valence-electron chi connectivity index (χ2n) is 6.01. The van der Waals surface area contributed by atoms with Crippen molar-refractivity contribution < 1.29 is 4.79 Å². The van der Waals surface area contributed by atoms with E-state index in [0.29, 0.717) is 10.5 Å². The van der Waals surface area contributed by atoms with Crippen LogP contribution in [0.2, 0.25) is 0 Å². The highest BCUT2D eigenvalue weighted by Gasteiger charge is 2.36. The smallest absolute Gasteiger partial charge is 0.178 e. The third-order valence-corrected chi connectivity index (χ3v) is 4.92. The van der Waals surface area contributed by atoms with Crippen LogP contribution in [-0.2, 0) is 5.41 Å². The van der Waals surface area contributed by atoms with E-state index in [4.69, 9.17) is 0 Å². The molecule has 2 aromatic heterocycles. The van der Waals surface area contributed by atoms with E-state index in [1.807, 2.05) is 6.07 Å². The number of anilines is 2. The van der Waals surface area contributed by atoms with Crippen LogP contribution in [0.25, 0.3) is 10.3 Å². The molecule has 0 unspecified atom stereocenters. The number of nitrogens with zero attached hydrogens (tertiary/aromatic N) is 4. The fourth-order valence-electron chi connectivity index (χ4n) is 3.04. The van der Waals surface area contributed by atoms with Gasteiger partial charge >= 0.3 is 0 Å². The Bertz CT molecular complexity index is 887. The van der Waals surface area contributed by atoms with Crippen molar-refractivity contribution in [3.05, 3.63) is 41.2 Å². The molecule has 1 aliphatic heterocycles. The fourth-order valence-corrected chi connectivity index (χ4v) is 3.76. The molecule has 3 aromatic rings. The number of para-hydroxylation sites is 1. The molecule has 0 amide bonds. The van der Waals surface area contributed by atoms with Crippen molar-refractivity contribution in [3.8, 4) is 0 Å². The Balaban J connectivity index is 1.94. The number of fused-ring (bicyclic) bond motifs is 2. The van der Waals surface area contributed by atoms with E-state index in [2.05, 4.69) is 51.9 Å². The lowest BCUT2D eigenvalue weighted by Crippen LogP contribution is -2.25. The summed E-state index contributed by atoms with van der Waals surface area (Å²) >= 11 is 1.29. The maximum atomic E-state index is 11.0. The molecule has 110 valence electrons. The van der Waals surface area contributed by atoms with Crippen LogP contribution in [0.4, 0.5) is 11.5 Å². The third kappa shape index (κ3) is 1.84.